The van der Waals surface area contributed by atoms with Crippen molar-refractivity contribution in [2.24, 2.45) is 0 Å². The van der Waals surface area contributed by atoms with Crippen LogP contribution < -0.4 is 10.1 Å². The van der Waals surface area contributed by atoms with Gasteiger partial charge in [0.2, 0.25) is 10.0 Å². The summed E-state index contributed by atoms with van der Waals surface area (Å²) in [4.78, 5) is 12.5. The predicted molar refractivity (Wildman–Crippen MR) is 119 cm³/mol. The molecule has 1 aliphatic rings. The van der Waals surface area contributed by atoms with Gasteiger partial charge in [-0.2, -0.15) is 4.31 Å². The first-order valence-corrected chi connectivity index (χ1v) is 11.8. The topological polar surface area (TPSA) is 84.9 Å². The van der Waals surface area contributed by atoms with E-state index in [2.05, 4.69) is 31.3 Å². The van der Waals surface area contributed by atoms with Crippen LogP contribution in [-0.2, 0) is 19.6 Å². The van der Waals surface area contributed by atoms with Crippen LogP contribution in [0.25, 0.3) is 0 Å². The van der Waals surface area contributed by atoms with Gasteiger partial charge in [0, 0.05) is 13.1 Å². The van der Waals surface area contributed by atoms with Crippen molar-refractivity contribution in [1.29, 1.82) is 0 Å². The molecule has 8 heteroatoms. The minimum atomic E-state index is -3.55. The highest BCUT2D eigenvalue weighted by Crippen LogP contribution is 2.22. The first-order chi connectivity index (χ1) is 14.7. The molecular formula is C23H30N2O5S. The van der Waals surface area contributed by atoms with Crippen LogP contribution in [0.5, 0.6) is 5.75 Å². The fraction of sp³-hybridized carbons (Fsp3) is 0.435. The number of benzene rings is 2. The SMILES string of the molecule is Cc1cc(C)c(C(C)NC(=O)COc2ccc(S(=O)(=O)N3CCOCC3)cc2)cc1C. The van der Waals surface area contributed by atoms with E-state index in [1.807, 2.05) is 13.8 Å². The monoisotopic (exact) mass is 446 g/mol. The summed E-state index contributed by atoms with van der Waals surface area (Å²) in [5.41, 5.74) is 4.62. The Morgan fingerprint density at radius 3 is 2.32 bits per heavy atom. The molecule has 0 aliphatic carbocycles. The molecule has 1 N–H and O–H groups in total. The zero-order valence-corrected chi connectivity index (χ0v) is 19.3. The molecule has 31 heavy (non-hydrogen) atoms. The van der Waals surface area contributed by atoms with Crippen LogP contribution in [0.4, 0.5) is 0 Å². The lowest BCUT2D eigenvalue weighted by Gasteiger charge is -2.26. The standard InChI is InChI=1S/C23H30N2O5S/c1-16-13-18(3)22(14-17(16)2)19(4)24-23(26)15-30-20-5-7-21(8-6-20)31(27,28)25-9-11-29-12-10-25/h5-8,13-14,19H,9-12,15H2,1-4H3,(H,24,26). The fourth-order valence-corrected chi connectivity index (χ4v) is 5.01. The molecular weight excluding hydrogens is 416 g/mol. The van der Waals surface area contributed by atoms with E-state index in [0.29, 0.717) is 32.1 Å². The molecule has 1 fully saturated rings. The molecule has 2 aromatic carbocycles. The summed E-state index contributed by atoms with van der Waals surface area (Å²) < 4.78 is 37.5. The number of carbonyl (C=O) groups is 1. The highest BCUT2D eigenvalue weighted by atomic mass is 32.2. The number of sulfonamides is 1. The molecule has 0 bridgehead atoms. The van der Waals surface area contributed by atoms with Gasteiger partial charge in [0.15, 0.2) is 6.61 Å². The van der Waals surface area contributed by atoms with Crippen LogP contribution in [0.2, 0.25) is 0 Å². The average Bonchev–Trinajstić information content (AvgIpc) is 2.75. The molecule has 1 saturated heterocycles. The lowest BCUT2D eigenvalue weighted by molar-refractivity contribution is -0.123. The van der Waals surface area contributed by atoms with Crippen LogP contribution in [-0.4, -0.2) is 51.5 Å². The molecule has 1 amide bonds. The Morgan fingerprint density at radius 1 is 1.06 bits per heavy atom. The summed E-state index contributed by atoms with van der Waals surface area (Å²) in [6.07, 6.45) is 0. The molecule has 1 heterocycles. The predicted octanol–water partition coefficient (Wildman–Crippen LogP) is 2.89. The van der Waals surface area contributed by atoms with Gasteiger partial charge in [-0.25, -0.2) is 8.42 Å². The molecule has 1 aliphatic heterocycles. The highest BCUT2D eigenvalue weighted by Gasteiger charge is 2.26. The van der Waals surface area contributed by atoms with Crippen molar-refractivity contribution in [2.75, 3.05) is 32.9 Å². The second-order valence-electron chi connectivity index (χ2n) is 7.86. The van der Waals surface area contributed by atoms with Crippen molar-refractivity contribution >= 4 is 15.9 Å². The second kappa shape index (κ2) is 9.80. The fourth-order valence-electron chi connectivity index (χ4n) is 3.60. The second-order valence-corrected chi connectivity index (χ2v) is 9.80. The third-order valence-electron chi connectivity index (χ3n) is 5.53. The number of hydrogen-bond acceptors (Lipinski definition) is 5. The highest BCUT2D eigenvalue weighted by molar-refractivity contribution is 7.89. The van der Waals surface area contributed by atoms with E-state index in [9.17, 15) is 13.2 Å². The molecule has 3 rings (SSSR count). The Labute approximate surface area is 184 Å². The van der Waals surface area contributed by atoms with E-state index in [1.165, 1.54) is 27.6 Å². The van der Waals surface area contributed by atoms with Crippen LogP contribution in [0.3, 0.4) is 0 Å². The maximum absolute atomic E-state index is 12.7. The molecule has 0 radical (unpaired) electrons. The van der Waals surface area contributed by atoms with Gasteiger partial charge in [-0.15, -0.1) is 0 Å². The van der Waals surface area contributed by atoms with E-state index < -0.39 is 10.0 Å². The summed E-state index contributed by atoms with van der Waals surface area (Å²) in [7, 11) is -3.55. The average molecular weight is 447 g/mol. The van der Waals surface area contributed by atoms with Crippen LogP contribution in [0, 0.1) is 20.8 Å². The van der Waals surface area contributed by atoms with E-state index >= 15 is 0 Å². The number of hydrogen-bond donors (Lipinski definition) is 1. The maximum Gasteiger partial charge on any atom is 0.258 e. The number of rotatable bonds is 7. The first kappa shape index (κ1) is 23.2. The van der Waals surface area contributed by atoms with Gasteiger partial charge in [-0.3, -0.25) is 4.79 Å². The molecule has 1 atom stereocenters. The quantitative estimate of drug-likeness (QED) is 0.707. The lowest BCUT2D eigenvalue weighted by Crippen LogP contribution is -2.40. The number of aryl methyl sites for hydroxylation is 3. The largest absolute Gasteiger partial charge is 0.484 e. The number of morpholine rings is 1. The van der Waals surface area contributed by atoms with Crippen molar-refractivity contribution < 1.29 is 22.7 Å². The number of ether oxygens (including phenoxy) is 2. The Hall–Kier alpha value is -2.42. The minimum absolute atomic E-state index is 0.142. The molecule has 0 spiro atoms. The van der Waals surface area contributed by atoms with Crippen LogP contribution >= 0.6 is 0 Å². The van der Waals surface area contributed by atoms with Crippen LogP contribution in [0.1, 0.15) is 35.2 Å². The zero-order valence-electron chi connectivity index (χ0n) is 18.5. The summed E-state index contributed by atoms with van der Waals surface area (Å²) in [5.74, 6) is 0.196. The van der Waals surface area contributed by atoms with Crippen LogP contribution in [0.15, 0.2) is 41.3 Å². The molecule has 1 unspecified atom stereocenters. The van der Waals surface area contributed by atoms with Gasteiger partial charge in [0.1, 0.15) is 5.75 Å². The maximum atomic E-state index is 12.7. The van der Waals surface area contributed by atoms with E-state index in [-0.39, 0.29) is 23.5 Å². The van der Waals surface area contributed by atoms with Crippen molar-refractivity contribution in [1.82, 2.24) is 9.62 Å². The Morgan fingerprint density at radius 2 is 1.68 bits per heavy atom. The molecule has 0 aromatic heterocycles. The summed E-state index contributed by atoms with van der Waals surface area (Å²) in [5, 5.41) is 2.95. The normalized spacial score (nSPS) is 16.0. The van der Waals surface area contributed by atoms with Gasteiger partial charge in [-0.05, 0) is 74.2 Å². The molecule has 168 valence electrons. The van der Waals surface area contributed by atoms with Gasteiger partial charge >= 0.3 is 0 Å². The van der Waals surface area contributed by atoms with Gasteiger partial charge in [-0.1, -0.05) is 12.1 Å². The van der Waals surface area contributed by atoms with Gasteiger partial charge in [0.25, 0.3) is 5.91 Å². The summed E-state index contributed by atoms with van der Waals surface area (Å²) in [6, 6.07) is 10.2. The lowest BCUT2D eigenvalue weighted by atomic mass is 9.96. The van der Waals surface area contributed by atoms with E-state index in [4.69, 9.17) is 9.47 Å². The van der Waals surface area contributed by atoms with Crippen molar-refractivity contribution in [3.63, 3.8) is 0 Å². The van der Waals surface area contributed by atoms with Gasteiger partial charge < -0.3 is 14.8 Å². The van der Waals surface area contributed by atoms with Crippen molar-refractivity contribution in [2.45, 2.75) is 38.6 Å². The van der Waals surface area contributed by atoms with E-state index in [0.717, 1.165) is 11.1 Å². The molecule has 2 aromatic rings. The number of carbonyl (C=O) groups excluding carboxylic acids is 1. The molecule has 7 nitrogen and oxygen atoms in total. The smallest absolute Gasteiger partial charge is 0.258 e. The third-order valence-corrected chi connectivity index (χ3v) is 7.44. The zero-order chi connectivity index (χ0) is 22.6. The first-order valence-electron chi connectivity index (χ1n) is 10.4. The Kier molecular flexibility index (Phi) is 7.35. The number of nitrogens with one attached hydrogen (secondary N) is 1. The summed E-state index contributed by atoms with van der Waals surface area (Å²) in [6.45, 7) is 9.44. The van der Waals surface area contributed by atoms with Crippen molar-refractivity contribution in [3.8, 4) is 5.75 Å². The molecule has 0 saturated carbocycles. The number of amides is 1. The Balaban J connectivity index is 1.56. The van der Waals surface area contributed by atoms with E-state index in [1.54, 1.807) is 12.1 Å². The van der Waals surface area contributed by atoms with Gasteiger partial charge in [0.05, 0.1) is 24.2 Å². The minimum Gasteiger partial charge on any atom is -0.484 e. The third kappa shape index (κ3) is 5.64. The van der Waals surface area contributed by atoms with Crippen molar-refractivity contribution in [3.05, 3.63) is 58.7 Å². The Bertz CT molecular complexity index is 1030. The summed E-state index contributed by atoms with van der Waals surface area (Å²) >= 11 is 0. The number of nitrogens with zero attached hydrogens (tertiary/aromatic N) is 1.